The lowest BCUT2D eigenvalue weighted by atomic mass is 10.1. The highest BCUT2D eigenvalue weighted by Crippen LogP contribution is 2.19. The zero-order chi connectivity index (χ0) is 18.4. The van der Waals surface area contributed by atoms with Crippen LogP contribution in [0.5, 0.6) is 0 Å². The molecule has 2 rings (SSSR count). The van der Waals surface area contributed by atoms with Crippen molar-refractivity contribution in [1.82, 2.24) is 5.32 Å². The van der Waals surface area contributed by atoms with Gasteiger partial charge in [-0.1, -0.05) is 30.3 Å². The molecular formula is C18H18N2O5. The smallest absolute Gasteiger partial charge is 0.338 e. The van der Waals surface area contributed by atoms with E-state index in [1.54, 1.807) is 0 Å². The highest BCUT2D eigenvalue weighted by atomic mass is 16.6. The monoisotopic (exact) mass is 342 g/mol. The summed E-state index contributed by atoms with van der Waals surface area (Å²) in [5.41, 5.74) is 1.36. The predicted molar refractivity (Wildman–Crippen MR) is 91.0 cm³/mol. The number of nitrogens with one attached hydrogen (secondary N) is 1. The first-order valence-electron chi connectivity index (χ1n) is 7.66. The second kappa shape index (κ2) is 8.05. The van der Waals surface area contributed by atoms with Gasteiger partial charge >= 0.3 is 5.97 Å². The van der Waals surface area contributed by atoms with Crippen LogP contribution in [0.15, 0.2) is 48.5 Å². The Morgan fingerprint density at radius 3 is 2.48 bits per heavy atom. The van der Waals surface area contributed by atoms with E-state index >= 15 is 0 Å². The maximum absolute atomic E-state index is 12.1. The number of amides is 1. The number of nitro groups is 1. The molecule has 0 bridgehead atoms. The van der Waals surface area contributed by atoms with Crippen LogP contribution >= 0.6 is 0 Å². The lowest BCUT2D eigenvalue weighted by molar-refractivity contribution is -0.385. The van der Waals surface area contributed by atoms with E-state index in [1.165, 1.54) is 32.0 Å². The van der Waals surface area contributed by atoms with Crippen LogP contribution in [0.25, 0.3) is 0 Å². The molecule has 0 aromatic heterocycles. The summed E-state index contributed by atoms with van der Waals surface area (Å²) in [4.78, 5) is 34.4. The molecule has 0 aliphatic heterocycles. The van der Waals surface area contributed by atoms with Crippen molar-refractivity contribution < 1.29 is 19.2 Å². The first-order valence-corrected chi connectivity index (χ1v) is 7.66. The topological polar surface area (TPSA) is 98.5 Å². The highest BCUT2D eigenvalue weighted by Gasteiger charge is 2.20. The van der Waals surface area contributed by atoms with Gasteiger partial charge < -0.3 is 10.1 Å². The fourth-order valence-electron chi connectivity index (χ4n) is 2.20. The van der Waals surface area contributed by atoms with Crippen molar-refractivity contribution in [3.8, 4) is 0 Å². The first-order chi connectivity index (χ1) is 11.9. The zero-order valence-electron chi connectivity index (χ0n) is 13.9. The Balaban J connectivity index is 1.94. The average molecular weight is 342 g/mol. The molecule has 130 valence electrons. The van der Waals surface area contributed by atoms with Gasteiger partial charge in [-0.2, -0.15) is 0 Å². The van der Waals surface area contributed by atoms with Crippen LogP contribution in [-0.4, -0.2) is 22.9 Å². The van der Waals surface area contributed by atoms with Crippen LogP contribution in [0.2, 0.25) is 0 Å². The molecule has 0 aliphatic rings. The van der Waals surface area contributed by atoms with Crippen molar-refractivity contribution in [2.24, 2.45) is 0 Å². The Morgan fingerprint density at radius 2 is 1.88 bits per heavy atom. The molecule has 2 aromatic rings. The van der Waals surface area contributed by atoms with Crippen molar-refractivity contribution in [3.05, 3.63) is 75.3 Å². The summed E-state index contributed by atoms with van der Waals surface area (Å²) in [6.07, 6.45) is -0.980. The number of aryl methyl sites for hydroxylation is 1. The maximum atomic E-state index is 12.1. The third-order valence-corrected chi connectivity index (χ3v) is 3.59. The molecule has 1 unspecified atom stereocenters. The summed E-state index contributed by atoms with van der Waals surface area (Å²) < 4.78 is 5.12. The van der Waals surface area contributed by atoms with Crippen molar-refractivity contribution >= 4 is 17.6 Å². The lowest BCUT2D eigenvalue weighted by Crippen LogP contribution is -2.35. The van der Waals surface area contributed by atoms with Gasteiger partial charge in [0.25, 0.3) is 11.6 Å². The second-order valence-corrected chi connectivity index (χ2v) is 5.51. The minimum absolute atomic E-state index is 0.0785. The van der Waals surface area contributed by atoms with E-state index in [9.17, 15) is 19.7 Å². The minimum Gasteiger partial charge on any atom is -0.449 e. The predicted octanol–water partition coefficient (Wildman–Crippen LogP) is 2.76. The molecule has 0 saturated carbocycles. The van der Waals surface area contributed by atoms with E-state index in [1.807, 2.05) is 30.3 Å². The fourth-order valence-corrected chi connectivity index (χ4v) is 2.20. The third-order valence-electron chi connectivity index (χ3n) is 3.59. The summed E-state index contributed by atoms with van der Waals surface area (Å²) >= 11 is 0. The standard InChI is InChI=1S/C18H18N2O5/c1-12-10-15(8-9-16(12)20(23)24)18(22)25-13(2)17(21)19-11-14-6-4-3-5-7-14/h3-10,13H,11H2,1-2H3,(H,19,21). The number of rotatable bonds is 6. The molecule has 7 heteroatoms. The summed E-state index contributed by atoms with van der Waals surface area (Å²) in [5.74, 6) is -1.13. The zero-order valence-corrected chi connectivity index (χ0v) is 13.9. The van der Waals surface area contributed by atoms with Crippen LogP contribution < -0.4 is 5.32 Å². The van der Waals surface area contributed by atoms with E-state index in [2.05, 4.69) is 5.32 Å². The van der Waals surface area contributed by atoms with Gasteiger partial charge in [0.15, 0.2) is 6.10 Å². The fraction of sp³-hybridized carbons (Fsp3) is 0.222. The number of carbonyl (C=O) groups is 2. The van der Waals surface area contributed by atoms with E-state index in [0.717, 1.165) is 5.56 Å². The van der Waals surface area contributed by atoms with E-state index < -0.39 is 22.9 Å². The van der Waals surface area contributed by atoms with Crippen LogP contribution in [-0.2, 0) is 16.1 Å². The second-order valence-electron chi connectivity index (χ2n) is 5.51. The minimum atomic E-state index is -0.980. The number of benzene rings is 2. The van der Waals surface area contributed by atoms with Gasteiger partial charge in [0, 0.05) is 18.2 Å². The molecule has 2 aromatic carbocycles. The van der Waals surface area contributed by atoms with Crippen LogP contribution in [0.3, 0.4) is 0 Å². The first kappa shape index (κ1) is 18.1. The van der Waals surface area contributed by atoms with Crippen LogP contribution in [0, 0.1) is 17.0 Å². The number of hydrogen-bond donors (Lipinski definition) is 1. The van der Waals surface area contributed by atoms with Crippen LogP contribution in [0.1, 0.15) is 28.4 Å². The van der Waals surface area contributed by atoms with Gasteiger partial charge in [-0.15, -0.1) is 0 Å². The number of nitro benzene ring substituents is 1. The lowest BCUT2D eigenvalue weighted by Gasteiger charge is -2.14. The van der Waals surface area contributed by atoms with Gasteiger partial charge in [0.2, 0.25) is 0 Å². The SMILES string of the molecule is Cc1cc(C(=O)OC(C)C(=O)NCc2ccccc2)ccc1[N+](=O)[O-]. The largest absolute Gasteiger partial charge is 0.449 e. The Kier molecular flexibility index (Phi) is 5.84. The van der Waals surface area contributed by atoms with Gasteiger partial charge in [-0.3, -0.25) is 14.9 Å². The molecule has 0 radical (unpaired) electrons. The van der Waals surface area contributed by atoms with Crippen LogP contribution in [0.4, 0.5) is 5.69 Å². The van der Waals surface area contributed by atoms with Gasteiger partial charge in [-0.05, 0) is 31.5 Å². The average Bonchev–Trinajstić information content (AvgIpc) is 2.59. The molecule has 0 spiro atoms. The molecular weight excluding hydrogens is 324 g/mol. The highest BCUT2D eigenvalue weighted by molar-refractivity contribution is 5.92. The Labute approximate surface area is 144 Å². The summed E-state index contributed by atoms with van der Waals surface area (Å²) in [7, 11) is 0. The molecule has 1 N–H and O–H groups in total. The van der Waals surface area contributed by atoms with Crippen molar-refractivity contribution in [3.63, 3.8) is 0 Å². The van der Waals surface area contributed by atoms with E-state index in [4.69, 9.17) is 4.74 Å². The molecule has 0 saturated heterocycles. The molecule has 1 atom stereocenters. The van der Waals surface area contributed by atoms with E-state index in [-0.39, 0.29) is 11.3 Å². The normalized spacial score (nSPS) is 11.4. The molecule has 0 fully saturated rings. The quantitative estimate of drug-likeness (QED) is 0.494. The number of carbonyl (C=O) groups excluding carboxylic acids is 2. The Hall–Kier alpha value is -3.22. The number of esters is 1. The summed E-state index contributed by atoms with van der Waals surface area (Å²) in [6, 6.07) is 13.3. The van der Waals surface area contributed by atoms with Crippen molar-refractivity contribution in [2.45, 2.75) is 26.5 Å². The van der Waals surface area contributed by atoms with Gasteiger partial charge in [0.1, 0.15) is 0 Å². The Bertz CT molecular complexity index is 789. The number of nitrogens with zero attached hydrogens (tertiary/aromatic N) is 1. The molecule has 1 amide bonds. The molecule has 0 heterocycles. The number of ether oxygens (including phenoxy) is 1. The van der Waals surface area contributed by atoms with Gasteiger partial charge in [-0.25, -0.2) is 4.79 Å². The summed E-state index contributed by atoms with van der Waals surface area (Å²) in [5, 5.41) is 13.5. The Morgan fingerprint density at radius 1 is 1.20 bits per heavy atom. The molecule has 25 heavy (non-hydrogen) atoms. The van der Waals surface area contributed by atoms with Crippen molar-refractivity contribution in [2.75, 3.05) is 0 Å². The van der Waals surface area contributed by atoms with Crippen molar-refractivity contribution in [1.29, 1.82) is 0 Å². The molecule has 0 aliphatic carbocycles. The number of hydrogen-bond acceptors (Lipinski definition) is 5. The van der Waals surface area contributed by atoms with E-state index in [0.29, 0.717) is 12.1 Å². The maximum Gasteiger partial charge on any atom is 0.338 e. The third kappa shape index (κ3) is 4.87. The van der Waals surface area contributed by atoms with Gasteiger partial charge in [0.05, 0.1) is 10.5 Å². The molecule has 7 nitrogen and oxygen atoms in total. The summed E-state index contributed by atoms with van der Waals surface area (Å²) in [6.45, 7) is 3.33.